The first-order valence-corrected chi connectivity index (χ1v) is 12.8. The molecule has 3 rings (SSSR count). The van der Waals surface area contributed by atoms with Gasteiger partial charge in [0.25, 0.3) is 21.6 Å². The van der Waals surface area contributed by atoms with Gasteiger partial charge in [0.15, 0.2) is 0 Å². The Hall–Kier alpha value is -3.48. The molecule has 3 aromatic rings. The van der Waals surface area contributed by atoms with E-state index in [9.17, 15) is 23.3 Å². The van der Waals surface area contributed by atoms with Crippen LogP contribution in [0.25, 0.3) is 0 Å². The summed E-state index contributed by atoms with van der Waals surface area (Å²) in [5.41, 5.74) is 3.42. The van der Waals surface area contributed by atoms with Crippen LogP contribution in [0.4, 0.5) is 11.4 Å². The summed E-state index contributed by atoms with van der Waals surface area (Å²) < 4.78 is 33.6. The highest BCUT2D eigenvalue weighted by molar-refractivity contribution is 9.10. The van der Waals surface area contributed by atoms with E-state index in [1.807, 2.05) is 6.92 Å². The van der Waals surface area contributed by atoms with Crippen LogP contribution in [-0.4, -0.2) is 39.1 Å². The van der Waals surface area contributed by atoms with Crippen LogP contribution in [0, 0.1) is 17.0 Å². The highest BCUT2D eigenvalue weighted by Crippen LogP contribution is 2.30. The van der Waals surface area contributed by atoms with E-state index in [-0.39, 0.29) is 26.9 Å². The Labute approximate surface area is 220 Å². The molecule has 0 unspecified atom stereocenters. The van der Waals surface area contributed by atoms with Gasteiger partial charge < -0.3 is 4.74 Å². The van der Waals surface area contributed by atoms with E-state index < -0.39 is 27.4 Å². The number of hydrogen-bond donors (Lipinski definition) is 1. The fraction of sp³-hybridized carbons (Fsp3) is 0.130. The van der Waals surface area contributed by atoms with E-state index in [2.05, 4.69) is 26.5 Å². The van der Waals surface area contributed by atoms with Gasteiger partial charge in [-0.05, 0) is 59.3 Å². The molecule has 0 saturated carbocycles. The molecule has 0 aliphatic carbocycles. The predicted molar refractivity (Wildman–Crippen MR) is 140 cm³/mol. The van der Waals surface area contributed by atoms with Gasteiger partial charge in [0.2, 0.25) is 0 Å². The van der Waals surface area contributed by atoms with Gasteiger partial charge in [-0.2, -0.15) is 5.10 Å². The van der Waals surface area contributed by atoms with E-state index >= 15 is 0 Å². The number of sulfonamides is 1. The highest BCUT2D eigenvalue weighted by atomic mass is 79.9. The van der Waals surface area contributed by atoms with Crippen LogP contribution >= 0.6 is 27.5 Å². The first kappa shape index (κ1) is 27.1. The number of methoxy groups -OCH3 is 1. The van der Waals surface area contributed by atoms with E-state index in [1.54, 1.807) is 24.3 Å². The van der Waals surface area contributed by atoms with E-state index in [0.29, 0.717) is 10.2 Å². The Morgan fingerprint density at radius 2 is 1.89 bits per heavy atom. The Balaban J connectivity index is 1.87. The van der Waals surface area contributed by atoms with Gasteiger partial charge in [-0.3, -0.25) is 19.2 Å². The third-order valence-electron chi connectivity index (χ3n) is 4.90. The molecule has 0 aliphatic heterocycles. The Morgan fingerprint density at radius 3 is 2.50 bits per heavy atom. The largest absolute Gasteiger partial charge is 0.496 e. The average molecular weight is 596 g/mol. The molecule has 0 aromatic heterocycles. The van der Waals surface area contributed by atoms with Crippen LogP contribution in [0.15, 0.2) is 75.1 Å². The number of benzene rings is 3. The molecule has 1 amide bonds. The number of carbonyl (C=O) groups excluding carboxylic acids is 1. The monoisotopic (exact) mass is 594 g/mol. The summed E-state index contributed by atoms with van der Waals surface area (Å²) in [5.74, 6) is -0.299. The minimum atomic E-state index is -4.17. The molecular formula is C23H20BrClN4O6S. The number of amides is 1. The molecule has 13 heteroatoms. The molecule has 0 atom stereocenters. The SMILES string of the molecule is COc1ccc(S(=O)(=O)N(CC(=O)N/N=C\c2cc([N+](=O)[O-])ccc2Cl)c2ccc(C)cc2)cc1Br. The van der Waals surface area contributed by atoms with Crippen molar-refractivity contribution in [1.29, 1.82) is 0 Å². The summed E-state index contributed by atoms with van der Waals surface area (Å²) in [6, 6.07) is 14.7. The van der Waals surface area contributed by atoms with Crippen molar-refractivity contribution in [2.45, 2.75) is 11.8 Å². The maximum absolute atomic E-state index is 13.5. The Morgan fingerprint density at radius 1 is 1.19 bits per heavy atom. The van der Waals surface area contributed by atoms with Gasteiger partial charge in [-0.1, -0.05) is 29.3 Å². The molecule has 1 N–H and O–H groups in total. The number of carbonyl (C=O) groups is 1. The Kier molecular flexibility index (Phi) is 8.66. The molecule has 0 aliphatic rings. The van der Waals surface area contributed by atoms with Crippen molar-refractivity contribution >= 4 is 61.1 Å². The molecule has 0 heterocycles. The van der Waals surface area contributed by atoms with Crippen molar-refractivity contribution in [3.8, 4) is 5.75 Å². The molecular weight excluding hydrogens is 576 g/mol. The summed E-state index contributed by atoms with van der Waals surface area (Å²) in [6.45, 7) is 1.26. The normalized spacial score (nSPS) is 11.3. The van der Waals surface area contributed by atoms with Gasteiger partial charge in [-0.15, -0.1) is 0 Å². The van der Waals surface area contributed by atoms with E-state index in [0.717, 1.165) is 16.1 Å². The van der Waals surface area contributed by atoms with Crippen LogP contribution in [0.3, 0.4) is 0 Å². The van der Waals surface area contributed by atoms with Crippen LogP contribution in [0.1, 0.15) is 11.1 Å². The molecule has 188 valence electrons. The lowest BCUT2D eigenvalue weighted by atomic mass is 10.2. The van der Waals surface area contributed by atoms with Gasteiger partial charge in [0.1, 0.15) is 12.3 Å². The van der Waals surface area contributed by atoms with Crippen molar-refractivity contribution < 1.29 is 22.9 Å². The summed E-state index contributed by atoms with van der Waals surface area (Å²) in [4.78, 5) is 23.0. The number of nitro benzene ring substituents is 1. The van der Waals surface area contributed by atoms with Crippen LogP contribution < -0.4 is 14.5 Å². The van der Waals surface area contributed by atoms with Crippen LogP contribution in [0.5, 0.6) is 5.75 Å². The minimum Gasteiger partial charge on any atom is -0.496 e. The Bertz CT molecular complexity index is 1430. The van der Waals surface area contributed by atoms with Crippen molar-refractivity contribution in [2.75, 3.05) is 18.0 Å². The first-order valence-electron chi connectivity index (χ1n) is 10.2. The fourth-order valence-electron chi connectivity index (χ4n) is 3.04. The number of rotatable bonds is 9. The second-order valence-corrected chi connectivity index (χ2v) is 10.5. The second kappa shape index (κ2) is 11.5. The topological polar surface area (TPSA) is 131 Å². The lowest BCUT2D eigenvalue weighted by molar-refractivity contribution is -0.384. The third kappa shape index (κ3) is 6.39. The van der Waals surface area contributed by atoms with Crippen molar-refractivity contribution in [3.63, 3.8) is 0 Å². The van der Waals surface area contributed by atoms with Crippen molar-refractivity contribution in [3.05, 3.63) is 91.4 Å². The van der Waals surface area contributed by atoms with Gasteiger partial charge in [-0.25, -0.2) is 13.8 Å². The quantitative estimate of drug-likeness (QED) is 0.217. The summed E-state index contributed by atoms with van der Waals surface area (Å²) in [7, 11) is -2.71. The number of hydrogen-bond acceptors (Lipinski definition) is 7. The second-order valence-electron chi connectivity index (χ2n) is 7.40. The highest BCUT2D eigenvalue weighted by Gasteiger charge is 2.28. The molecule has 0 spiro atoms. The molecule has 0 fully saturated rings. The van der Waals surface area contributed by atoms with Gasteiger partial charge in [0.05, 0.1) is 33.3 Å². The fourth-order valence-corrected chi connectivity index (χ4v) is 5.35. The van der Waals surface area contributed by atoms with E-state index in [4.69, 9.17) is 16.3 Å². The summed E-state index contributed by atoms with van der Waals surface area (Å²) in [5, 5.41) is 14.9. The van der Waals surface area contributed by atoms with Crippen LogP contribution in [0.2, 0.25) is 5.02 Å². The zero-order valence-corrected chi connectivity index (χ0v) is 22.2. The third-order valence-corrected chi connectivity index (χ3v) is 7.64. The number of anilines is 1. The number of hydrazone groups is 1. The number of nitro groups is 1. The lowest BCUT2D eigenvalue weighted by Gasteiger charge is -2.24. The average Bonchev–Trinajstić information content (AvgIpc) is 2.84. The molecule has 3 aromatic carbocycles. The smallest absolute Gasteiger partial charge is 0.270 e. The van der Waals surface area contributed by atoms with Crippen molar-refractivity contribution in [2.24, 2.45) is 5.10 Å². The van der Waals surface area contributed by atoms with Gasteiger partial charge >= 0.3 is 0 Å². The van der Waals surface area contributed by atoms with Crippen molar-refractivity contribution in [1.82, 2.24) is 5.43 Å². The van der Waals surface area contributed by atoms with Gasteiger partial charge in [0, 0.05) is 22.7 Å². The maximum Gasteiger partial charge on any atom is 0.270 e. The number of nitrogens with zero attached hydrogens (tertiary/aromatic N) is 3. The summed E-state index contributed by atoms with van der Waals surface area (Å²) >= 11 is 9.31. The number of ether oxygens (including phenoxy) is 1. The molecule has 0 radical (unpaired) electrons. The number of non-ortho nitro benzene ring substituents is 1. The number of halogens is 2. The number of nitrogens with one attached hydrogen (secondary N) is 1. The predicted octanol–water partition coefficient (Wildman–Crippen LogP) is 4.67. The minimum absolute atomic E-state index is 0.0598. The first-order chi connectivity index (χ1) is 17.0. The standard InChI is InChI=1S/C23H20BrClN4O6S/c1-15-3-5-17(6-4-15)28(36(33,34)19-8-10-22(35-2)20(24)12-19)14-23(30)27-26-13-16-11-18(29(31)32)7-9-21(16)25/h3-13H,14H2,1-2H3,(H,27,30)/b26-13-. The number of aryl methyl sites for hydroxylation is 1. The molecule has 36 heavy (non-hydrogen) atoms. The molecule has 0 bridgehead atoms. The summed E-state index contributed by atoms with van der Waals surface area (Å²) in [6.07, 6.45) is 1.14. The zero-order valence-electron chi connectivity index (χ0n) is 19.0. The van der Waals surface area contributed by atoms with Crippen LogP contribution in [-0.2, 0) is 14.8 Å². The molecule has 10 nitrogen and oxygen atoms in total. The zero-order chi connectivity index (χ0) is 26.5. The van der Waals surface area contributed by atoms with E-state index in [1.165, 1.54) is 43.5 Å². The lowest BCUT2D eigenvalue weighted by Crippen LogP contribution is -2.39. The molecule has 0 saturated heterocycles. The maximum atomic E-state index is 13.5.